The summed E-state index contributed by atoms with van der Waals surface area (Å²) in [5.74, 6) is 0.613. The summed E-state index contributed by atoms with van der Waals surface area (Å²) in [6.07, 6.45) is 14.9. The molecule has 0 N–H and O–H groups in total. The number of allylic oxidation sites excluding steroid dienone is 2. The Bertz CT molecular complexity index is 589. The molecule has 0 aliphatic rings. The lowest BCUT2D eigenvalue weighted by molar-refractivity contribution is 0.119. The van der Waals surface area contributed by atoms with Crippen LogP contribution in [0, 0.1) is 5.92 Å². The Kier molecular flexibility index (Phi) is 13.6. The molecule has 1 aromatic rings. The number of benzene rings is 1. The molecule has 2 nitrogen and oxygen atoms in total. The molecule has 0 aromatic heterocycles. The van der Waals surface area contributed by atoms with E-state index in [0.29, 0.717) is 18.6 Å². The fraction of sp³-hybridized carbons (Fsp3) is 0.714. The summed E-state index contributed by atoms with van der Waals surface area (Å²) >= 11 is 0. The van der Waals surface area contributed by atoms with E-state index >= 15 is 0 Å². The van der Waals surface area contributed by atoms with Crippen molar-refractivity contribution >= 4 is 8.32 Å². The highest BCUT2D eigenvalue weighted by Crippen LogP contribution is 2.38. The van der Waals surface area contributed by atoms with Crippen molar-refractivity contribution in [2.24, 2.45) is 5.92 Å². The topological polar surface area (TPSA) is 18.5 Å². The van der Waals surface area contributed by atoms with Gasteiger partial charge in [-0.15, -0.1) is 0 Å². The molecule has 2 atom stereocenters. The monoisotopic (exact) mass is 446 g/mol. The van der Waals surface area contributed by atoms with Gasteiger partial charge in [-0.25, -0.2) is 0 Å². The molecule has 0 radical (unpaired) electrons. The SMILES string of the molecule is CCCCC[C@H](CC[C@H](C)/C=C/CCCOCc1ccccc1)O[Si](C)(C)C(C)(C)C. The first kappa shape index (κ1) is 28.1. The first-order chi connectivity index (χ1) is 14.7. The van der Waals surface area contributed by atoms with Gasteiger partial charge in [-0.05, 0) is 61.7 Å². The maximum absolute atomic E-state index is 6.80. The summed E-state index contributed by atoms with van der Waals surface area (Å²) in [6, 6.07) is 10.4. The molecular weight excluding hydrogens is 396 g/mol. The molecule has 1 rings (SSSR count). The summed E-state index contributed by atoms with van der Waals surface area (Å²) < 4.78 is 12.6. The number of rotatable bonds is 16. The molecule has 0 fully saturated rings. The average Bonchev–Trinajstić information content (AvgIpc) is 2.71. The molecule has 0 heterocycles. The van der Waals surface area contributed by atoms with Gasteiger partial charge in [0.05, 0.1) is 6.61 Å². The van der Waals surface area contributed by atoms with Gasteiger partial charge in [-0.2, -0.15) is 0 Å². The van der Waals surface area contributed by atoms with Crippen LogP contribution in [0.4, 0.5) is 0 Å². The van der Waals surface area contributed by atoms with Gasteiger partial charge in [-0.1, -0.05) is 96.4 Å². The Hall–Kier alpha value is -0.903. The van der Waals surface area contributed by atoms with E-state index in [4.69, 9.17) is 9.16 Å². The van der Waals surface area contributed by atoms with E-state index in [2.05, 4.69) is 84.1 Å². The number of unbranched alkanes of at least 4 members (excludes halogenated alkanes) is 3. The van der Waals surface area contributed by atoms with Crippen molar-refractivity contribution in [1.29, 1.82) is 0 Å². The highest BCUT2D eigenvalue weighted by atomic mass is 28.4. The zero-order valence-corrected chi connectivity index (χ0v) is 22.6. The highest BCUT2D eigenvalue weighted by molar-refractivity contribution is 6.74. The predicted molar refractivity (Wildman–Crippen MR) is 139 cm³/mol. The van der Waals surface area contributed by atoms with Crippen LogP contribution in [0.5, 0.6) is 0 Å². The van der Waals surface area contributed by atoms with Crippen LogP contribution in [-0.2, 0) is 15.8 Å². The molecular formula is C28H50O2Si. The summed E-state index contributed by atoms with van der Waals surface area (Å²) in [5, 5.41) is 0.282. The number of ether oxygens (including phenoxy) is 1. The Morgan fingerprint density at radius 3 is 2.32 bits per heavy atom. The first-order valence-electron chi connectivity index (χ1n) is 12.6. The molecule has 0 saturated carbocycles. The Morgan fingerprint density at radius 1 is 0.968 bits per heavy atom. The quantitative estimate of drug-likeness (QED) is 0.143. The van der Waals surface area contributed by atoms with Gasteiger partial charge in [0.1, 0.15) is 0 Å². The second-order valence-corrected chi connectivity index (χ2v) is 15.4. The van der Waals surface area contributed by atoms with Gasteiger partial charge in [0.25, 0.3) is 0 Å². The summed E-state index contributed by atoms with van der Waals surface area (Å²) in [6.45, 7) is 18.0. The molecule has 0 bridgehead atoms. The van der Waals surface area contributed by atoms with Crippen LogP contribution in [0.15, 0.2) is 42.5 Å². The van der Waals surface area contributed by atoms with Gasteiger partial charge >= 0.3 is 0 Å². The smallest absolute Gasteiger partial charge is 0.192 e. The molecule has 0 saturated heterocycles. The molecule has 0 amide bonds. The van der Waals surface area contributed by atoms with Crippen LogP contribution in [0.2, 0.25) is 18.1 Å². The van der Waals surface area contributed by atoms with Crippen molar-refractivity contribution in [1.82, 2.24) is 0 Å². The minimum Gasteiger partial charge on any atom is -0.414 e. The van der Waals surface area contributed by atoms with E-state index in [1.807, 2.05) is 6.07 Å². The van der Waals surface area contributed by atoms with Crippen LogP contribution in [-0.4, -0.2) is 21.0 Å². The first-order valence-corrected chi connectivity index (χ1v) is 15.5. The lowest BCUT2D eigenvalue weighted by atomic mass is 9.99. The van der Waals surface area contributed by atoms with Crippen molar-refractivity contribution in [3.63, 3.8) is 0 Å². The van der Waals surface area contributed by atoms with E-state index in [0.717, 1.165) is 19.4 Å². The zero-order chi connectivity index (χ0) is 23.2. The van der Waals surface area contributed by atoms with Crippen molar-refractivity contribution in [3.8, 4) is 0 Å². The van der Waals surface area contributed by atoms with Gasteiger partial charge in [-0.3, -0.25) is 0 Å². The van der Waals surface area contributed by atoms with E-state index in [1.54, 1.807) is 0 Å². The summed E-state index contributed by atoms with van der Waals surface area (Å²) in [4.78, 5) is 0. The molecule has 1 aromatic carbocycles. The molecule has 3 heteroatoms. The molecule has 0 spiro atoms. The second kappa shape index (κ2) is 15.0. The lowest BCUT2D eigenvalue weighted by Gasteiger charge is -2.39. The molecule has 31 heavy (non-hydrogen) atoms. The predicted octanol–water partition coefficient (Wildman–Crippen LogP) is 8.93. The normalized spacial score (nSPS) is 14.8. The highest BCUT2D eigenvalue weighted by Gasteiger charge is 2.38. The van der Waals surface area contributed by atoms with Crippen molar-refractivity contribution < 1.29 is 9.16 Å². The average molecular weight is 447 g/mol. The van der Waals surface area contributed by atoms with Gasteiger partial charge < -0.3 is 9.16 Å². The molecule has 0 aliphatic heterocycles. The third kappa shape index (κ3) is 12.6. The fourth-order valence-corrected chi connectivity index (χ4v) is 4.84. The van der Waals surface area contributed by atoms with Crippen LogP contribution in [0.1, 0.15) is 91.5 Å². The standard InChI is InChI=1S/C28H50O2Si/c1-8-9-12-20-27(30-31(6,7)28(3,4)5)22-21-25(2)17-13-11-16-23-29-24-26-18-14-10-15-19-26/h10,13-15,17-19,25,27H,8-9,11-12,16,20-24H2,1-7H3/b17-13+/t25-,27-/m1/s1. The minimum absolute atomic E-state index is 0.282. The Morgan fingerprint density at radius 2 is 1.68 bits per heavy atom. The van der Waals surface area contributed by atoms with E-state index in [-0.39, 0.29) is 5.04 Å². The van der Waals surface area contributed by atoms with Gasteiger partial charge in [0.2, 0.25) is 0 Å². The fourth-order valence-electron chi connectivity index (χ4n) is 3.42. The molecule has 0 aliphatic carbocycles. The Labute approximate surface area is 195 Å². The largest absolute Gasteiger partial charge is 0.414 e. The number of hydrogen-bond donors (Lipinski definition) is 0. The summed E-state index contributed by atoms with van der Waals surface area (Å²) in [7, 11) is -1.70. The van der Waals surface area contributed by atoms with E-state index in [9.17, 15) is 0 Å². The van der Waals surface area contributed by atoms with Crippen molar-refractivity contribution in [2.45, 2.75) is 117 Å². The van der Waals surface area contributed by atoms with E-state index in [1.165, 1.54) is 44.1 Å². The third-order valence-electron chi connectivity index (χ3n) is 6.58. The lowest BCUT2D eigenvalue weighted by Crippen LogP contribution is -2.44. The van der Waals surface area contributed by atoms with Crippen molar-refractivity contribution in [3.05, 3.63) is 48.0 Å². The van der Waals surface area contributed by atoms with Crippen LogP contribution in [0.3, 0.4) is 0 Å². The van der Waals surface area contributed by atoms with Crippen molar-refractivity contribution in [2.75, 3.05) is 6.61 Å². The van der Waals surface area contributed by atoms with Crippen LogP contribution in [0.25, 0.3) is 0 Å². The molecule has 0 unspecified atom stereocenters. The maximum atomic E-state index is 6.80. The number of hydrogen-bond acceptors (Lipinski definition) is 2. The van der Waals surface area contributed by atoms with Crippen LogP contribution < -0.4 is 0 Å². The van der Waals surface area contributed by atoms with Gasteiger partial charge in [0.15, 0.2) is 8.32 Å². The second-order valence-electron chi connectivity index (χ2n) is 10.7. The zero-order valence-electron chi connectivity index (χ0n) is 21.6. The third-order valence-corrected chi connectivity index (χ3v) is 11.1. The van der Waals surface area contributed by atoms with E-state index < -0.39 is 8.32 Å². The molecule has 178 valence electrons. The maximum Gasteiger partial charge on any atom is 0.192 e. The summed E-state index contributed by atoms with van der Waals surface area (Å²) in [5.41, 5.74) is 1.25. The van der Waals surface area contributed by atoms with Gasteiger partial charge in [0, 0.05) is 12.7 Å². The minimum atomic E-state index is -1.70. The van der Waals surface area contributed by atoms with Crippen LogP contribution >= 0.6 is 0 Å². The Balaban J connectivity index is 2.31.